The van der Waals surface area contributed by atoms with Gasteiger partial charge in [0.1, 0.15) is 6.04 Å². The van der Waals surface area contributed by atoms with E-state index in [4.69, 9.17) is 4.74 Å². The van der Waals surface area contributed by atoms with Crippen LogP contribution in [0, 0.1) is 0 Å². The molecule has 1 aliphatic rings. The lowest BCUT2D eigenvalue weighted by Gasteiger charge is -2.09. The van der Waals surface area contributed by atoms with Crippen LogP contribution in [-0.4, -0.2) is 24.5 Å². The highest BCUT2D eigenvalue weighted by Crippen LogP contribution is 2.15. The lowest BCUT2D eigenvalue weighted by Crippen LogP contribution is -2.34. The van der Waals surface area contributed by atoms with E-state index < -0.39 is 6.04 Å². The third kappa shape index (κ3) is 18.8. The van der Waals surface area contributed by atoms with E-state index in [1.54, 1.807) is 0 Å². The molecule has 0 aromatic carbocycles. The van der Waals surface area contributed by atoms with E-state index in [1.807, 2.05) is 0 Å². The minimum absolute atomic E-state index is 0.0418. The van der Waals surface area contributed by atoms with Crippen LogP contribution in [0.3, 0.4) is 0 Å². The Morgan fingerprint density at radius 3 is 1.58 bits per heavy atom. The van der Waals surface area contributed by atoms with Gasteiger partial charge in [-0.25, -0.2) is 4.79 Å². The van der Waals surface area contributed by atoms with Crippen LogP contribution in [0.4, 0.5) is 0 Å². The maximum absolute atomic E-state index is 11.8. The molecule has 0 saturated carbocycles. The van der Waals surface area contributed by atoms with E-state index in [0.717, 1.165) is 12.8 Å². The first-order valence-corrected chi connectivity index (χ1v) is 14.3. The number of hydrogen-bond donors (Lipinski definition) is 1. The molecule has 1 aliphatic heterocycles. The predicted molar refractivity (Wildman–Crippen MR) is 139 cm³/mol. The number of carbonyl (C=O) groups is 2. The molecule has 1 rings (SSSR count). The number of carbonyl (C=O) groups excluding carboxylic acids is 2. The molecule has 1 N–H and O–H groups in total. The average molecular weight is 464 g/mol. The molecule has 1 atom stereocenters. The molecule has 1 amide bonds. The number of allylic oxidation sites excluding steroid dienone is 2. The van der Waals surface area contributed by atoms with Crippen molar-refractivity contribution < 1.29 is 14.3 Å². The van der Waals surface area contributed by atoms with Gasteiger partial charge in [-0.2, -0.15) is 0 Å². The Kier molecular flexibility index (Phi) is 20.2. The summed E-state index contributed by atoms with van der Waals surface area (Å²) in [6.45, 7) is 2.60. The average Bonchev–Trinajstić information content (AvgIpc) is 3.26. The molecule has 1 fully saturated rings. The van der Waals surface area contributed by atoms with Gasteiger partial charge in [0.15, 0.2) is 0 Å². The molecule has 1 heterocycles. The van der Waals surface area contributed by atoms with Gasteiger partial charge in [-0.15, -0.1) is 0 Å². The van der Waals surface area contributed by atoms with Crippen LogP contribution < -0.4 is 5.32 Å². The summed E-state index contributed by atoms with van der Waals surface area (Å²) in [5.74, 6) is -0.303. The first-order valence-electron chi connectivity index (χ1n) is 14.3. The zero-order valence-corrected chi connectivity index (χ0v) is 21.7. The van der Waals surface area contributed by atoms with Gasteiger partial charge < -0.3 is 10.1 Å². The summed E-state index contributed by atoms with van der Waals surface area (Å²) in [5.41, 5.74) is 0. The van der Waals surface area contributed by atoms with Crippen LogP contribution in [0.25, 0.3) is 0 Å². The lowest BCUT2D eigenvalue weighted by molar-refractivity contribution is -0.146. The van der Waals surface area contributed by atoms with Crippen LogP contribution in [0.2, 0.25) is 0 Å². The molecule has 33 heavy (non-hydrogen) atoms. The largest absolute Gasteiger partial charge is 0.464 e. The van der Waals surface area contributed by atoms with Crippen molar-refractivity contribution in [2.24, 2.45) is 0 Å². The molecule has 192 valence electrons. The zero-order valence-electron chi connectivity index (χ0n) is 21.7. The number of rotatable bonds is 23. The number of hydrogen-bond acceptors (Lipinski definition) is 3. The Bertz CT molecular complexity index is 503. The van der Waals surface area contributed by atoms with Crippen molar-refractivity contribution in [2.75, 3.05) is 6.61 Å². The Labute approximate surface area is 204 Å². The van der Waals surface area contributed by atoms with Crippen LogP contribution in [0.5, 0.6) is 0 Å². The molecular weight excluding hydrogens is 410 g/mol. The van der Waals surface area contributed by atoms with Crippen LogP contribution >= 0.6 is 0 Å². The fourth-order valence-electron chi connectivity index (χ4n) is 4.60. The van der Waals surface area contributed by atoms with Crippen molar-refractivity contribution in [3.05, 3.63) is 12.2 Å². The second kappa shape index (κ2) is 22.5. The third-order valence-corrected chi connectivity index (χ3v) is 6.77. The summed E-state index contributed by atoms with van der Waals surface area (Å²) < 4.78 is 5.26. The Hall–Kier alpha value is -1.32. The van der Waals surface area contributed by atoms with Crippen LogP contribution in [-0.2, 0) is 14.3 Å². The summed E-state index contributed by atoms with van der Waals surface area (Å²) in [7, 11) is 0. The van der Waals surface area contributed by atoms with Gasteiger partial charge in [-0.05, 0) is 32.6 Å². The lowest BCUT2D eigenvalue weighted by atomic mass is 10.0. The number of unbranched alkanes of at least 4 members (excludes halogenated alkanes) is 19. The van der Waals surface area contributed by atoms with Gasteiger partial charge in [0.2, 0.25) is 5.91 Å². The van der Waals surface area contributed by atoms with Gasteiger partial charge in [-0.1, -0.05) is 121 Å². The monoisotopic (exact) mass is 463 g/mol. The molecule has 0 aromatic rings. The summed E-state index contributed by atoms with van der Waals surface area (Å²) in [5, 5.41) is 2.66. The Morgan fingerprint density at radius 1 is 0.758 bits per heavy atom. The van der Waals surface area contributed by atoms with Crippen LogP contribution in [0.15, 0.2) is 12.2 Å². The molecule has 4 nitrogen and oxygen atoms in total. The topological polar surface area (TPSA) is 55.4 Å². The first-order chi connectivity index (χ1) is 16.2. The minimum Gasteiger partial charge on any atom is -0.464 e. The second-order valence-electron chi connectivity index (χ2n) is 9.90. The zero-order chi connectivity index (χ0) is 23.8. The molecule has 0 aromatic heterocycles. The third-order valence-electron chi connectivity index (χ3n) is 6.77. The Morgan fingerprint density at radius 2 is 1.18 bits per heavy atom. The smallest absolute Gasteiger partial charge is 0.328 e. The molecule has 0 bridgehead atoms. The van der Waals surface area contributed by atoms with Crippen molar-refractivity contribution in [1.29, 1.82) is 0 Å². The molecule has 0 aliphatic carbocycles. The van der Waals surface area contributed by atoms with Crippen molar-refractivity contribution in [3.63, 3.8) is 0 Å². The summed E-state index contributed by atoms with van der Waals surface area (Å²) in [4.78, 5) is 22.9. The number of esters is 1. The molecule has 0 spiro atoms. The molecular formula is C29H53NO3. The van der Waals surface area contributed by atoms with E-state index >= 15 is 0 Å². The summed E-state index contributed by atoms with van der Waals surface area (Å²) in [6, 6.07) is -0.407. The molecule has 0 radical (unpaired) electrons. The standard InChI is InChI=1S/C29H53NO3/c1-2-3-4-5-6-7-8-9-10-11-12-13-14-15-16-17-18-19-20-21-22-23-26-33-29(32)27-24-25-28(31)30-27/h2-3,27H,4-26H2,1H3,(H,30,31)/b3-2+/t27-/m0/s1. The summed E-state index contributed by atoms with van der Waals surface area (Å²) in [6.07, 6.45) is 32.5. The quantitative estimate of drug-likeness (QED) is 0.0944. The Balaban J connectivity index is 1.68. The fraction of sp³-hybridized carbons (Fsp3) is 0.862. The SMILES string of the molecule is C/C=C/CCCCCCCCCCCCCCCCCCCCCOC(=O)[C@@H]1CCC(=O)N1. The van der Waals surface area contributed by atoms with E-state index in [0.29, 0.717) is 19.4 Å². The van der Waals surface area contributed by atoms with Gasteiger partial charge >= 0.3 is 5.97 Å². The number of ether oxygens (including phenoxy) is 1. The van der Waals surface area contributed by atoms with Crippen LogP contribution in [0.1, 0.15) is 148 Å². The predicted octanol–water partition coefficient (Wildman–Crippen LogP) is 8.19. The number of amides is 1. The van der Waals surface area contributed by atoms with Gasteiger partial charge in [0.25, 0.3) is 0 Å². The van der Waals surface area contributed by atoms with Gasteiger partial charge in [0, 0.05) is 6.42 Å². The van der Waals surface area contributed by atoms with E-state index in [-0.39, 0.29) is 11.9 Å². The highest BCUT2D eigenvalue weighted by molar-refractivity contribution is 5.87. The van der Waals surface area contributed by atoms with Crippen molar-refractivity contribution >= 4 is 11.9 Å². The van der Waals surface area contributed by atoms with Gasteiger partial charge in [0.05, 0.1) is 6.61 Å². The fourth-order valence-corrected chi connectivity index (χ4v) is 4.60. The highest BCUT2D eigenvalue weighted by Gasteiger charge is 2.28. The first kappa shape index (κ1) is 29.7. The normalized spacial score (nSPS) is 15.9. The minimum atomic E-state index is -0.407. The van der Waals surface area contributed by atoms with Crippen molar-refractivity contribution in [3.8, 4) is 0 Å². The van der Waals surface area contributed by atoms with Crippen molar-refractivity contribution in [2.45, 2.75) is 154 Å². The maximum Gasteiger partial charge on any atom is 0.328 e. The maximum atomic E-state index is 11.8. The van der Waals surface area contributed by atoms with Gasteiger partial charge in [-0.3, -0.25) is 4.79 Å². The van der Waals surface area contributed by atoms with E-state index in [9.17, 15) is 9.59 Å². The molecule has 0 unspecified atom stereocenters. The highest BCUT2D eigenvalue weighted by atomic mass is 16.5. The molecule has 4 heteroatoms. The number of nitrogens with one attached hydrogen (secondary N) is 1. The second-order valence-corrected chi connectivity index (χ2v) is 9.90. The van der Waals surface area contributed by atoms with E-state index in [1.165, 1.54) is 116 Å². The van der Waals surface area contributed by atoms with Crippen molar-refractivity contribution in [1.82, 2.24) is 5.32 Å². The molecule has 1 saturated heterocycles. The van der Waals surface area contributed by atoms with E-state index in [2.05, 4.69) is 24.4 Å². The summed E-state index contributed by atoms with van der Waals surface area (Å²) >= 11 is 0.